The summed E-state index contributed by atoms with van der Waals surface area (Å²) >= 11 is 3.17. The van der Waals surface area contributed by atoms with Gasteiger partial charge in [0.2, 0.25) is 5.88 Å². The third kappa shape index (κ3) is 2.27. The zero-order valence-corrected chi connectivity index (χ0v) is 10.4. The molecule has 2 atom stereocenters. The topological polar surface area (TPSA) is 81.0 Å². The molecule has 0 amide bonds. The Morgan fingerprint density at radius 1 is 1.62 bits per heavy atom. The Bertz CT molecular complexity index is 421. The predicted molar refractivity (Wildman–Crippen MR) is 63.4 cm³/mol. The van der Waals surface area contributed by atoms with Gasteiger partial charge in [0.1, 0.15) is 10.6 Å². The number of ether oxygens (including phenoxy) is 1. The van der Waals surface area contributed by atoms with Crippen molar-refractivity contribution < 1.29 is 4.74 Å². The van der Waals surface area contributed by atoms with Crippen LogP contribution in [-0.4, -0.2) is 22.6 Å². The second kappa shape index (κ2) is 4.97. The Morgan fingerprint density at radius 2 is 2.44 bits per heavy atom. The van der Waals surface area contributed by atoms with E-state index in [-0.39, 0.29) is 11.7 Å². The van der Waals surface area contributed by atoms with Gasteiger partial charge in [-0.2, -0.15) is 0 Å². The number of nitrogens with two attached hydrogens (primary N) is 1. The van der Waals surface area contributed by atoms with Crippen molar-refractivity contribution in [3.63, 3.8) is 0 Å². The Hall–Kier alpha value is -0.880. The van der Waals surface area contributed by atoms with Gasteiger partial charge in [0.25, 0.3) is 5.56 Å². The first kappa shape index (κ1) is 11.6. The molecule has 6 heteroatoms. The van der Waals surface area contributed by atoms with Crippen molar-refractivity contribution in [2.24, 2.45) is 11.7 Å². The van der Waals surface area contributed by atoms with Crippen LogP contribution >= 0.6 is 15.9 Å². The summed E-state index contributed by atoms with van der Waals surface area (Å²) in [4.78, 5) is 17.8. The summed E-state index contributed by atoms with van der Waals surface area (Å²) in [6.45, 7) is 0.617. The third-order valence-electron chi connectivity index (χ3n) is 2.92. The van der Waals surface area contributed by atoms with Crippen LogP contribution in [0, 0.1) is 5.92 Å². The summed E-state index contributed by atoms with van der Waals surface area (Å²) < 4.78 is 6.08. The first-order chi connectivity index (χ1) is 7.72. The zero-order valence-electron chi connectivity index (χ0n) is 8.78. The summed E-state index contributed by atoms with van der Waals surface area (Å²) in [5.74, 6) is 0.724. The molecule has 0 bridgehead atoms. The largest absolute Gasteiger partial charge is 0.473 e. The highest BCUT2D eigenvalue weighted by molar-refractivity contribution is 9.10. The zero-order chi connectivity index (χ0) is 11.5. The number of hydrogen-bond donors (Lipinski definition) is 2. The molecule has 0 radical (unpaired) electrons. The Kier molecular flexibility index (Phi) is 3.60. The standard InChI is InChI=1S/C10H14BrN3O2/c11-8-9(15)13-5-14-10(8)16-7-3-1-2-6(7)4-12/h5-7H,1-4,12H2,(H,13,14,15). The van der Waals surface area contributed by atoms with Crippen LogP contribution in [0.15, 0.2) is 15.6 Å². The molecule has 1 aromatic rings. The molecule has 0 aliphatic heterocycles. The molecule has 1 saturated carbocycles. The van der Waals surface area contributed by atoms with Crippen molar-refractivity contribution in [1.82, 2.24) is 9.97 Å². The molecule has 5 nitrogen and oxygen atoms in total. The molecule has 1 heterocycles. The van der Waals surface area contributed by atoms with Gasteiger partial charge in [0.05, 0.1) is 6.33 Å². The molecule has 88 valence electrons. The maximum Gasteiger partial charge on any atom is 0.268 e. The summed E-state index contributed by atoms with van der Waals surface area (Å²) in [6, 6.07) is 0. The molecule has 3 N–H and O–H groups in total. The molecule has 1 fully saturated rings. The van der Waals surface area contributed by atoms with Gasteiger partial charge in [-0.1, -0.05) is 0 Å². The number of aromatic nitrogens is 2. The van der Waals surface area contributed by atoms with Crippen LogP contribution in [0.5, 0.6) is 5.88 Å². The number of rotatable bonds is 3. The summed E-state index contributed by atoms with van der Waals surface area (Å²) in [6.07, 6.45) is 4.60. The van der Waals surface area contributed by atoms with Crippen LogP contribution in [0.4, 0.5) is 0 Å². The van der Waals surface area contributed by atoms with Crippen molar-refractivity contribution in [3.05, 3.63) is 21.2 Å². The highest BCUT2D eigenvalue weighted by Crippen LogP contribution is 2.29. The molecule has 0 aromatic carbocycles. The van der Waals surface area contributed by atoms with E-state index in [0.29, 0.717) is 22.8 Å². The van der Waals surface area contributed by atoms with Gasteiger partial charge >= 0.3 is 0 Å². The maximum absolute atomic E-state index is 11.3. The Labute approximate surface area is 102 Å². The average Bonchev–Trinajstić information content (AvgIpc) is 2.72. The molecule has 16 heavy (non-hydrogen) atoms. The van der Waals surface area contributed by atoms with Crippen molar-refractivity contribution >= 4 is 15.9 Å². The Morgan fingerprint density at radius 3 is 3.19 bits per heavy atom. The van der Waals surface area contributed by atoms with Crippen LogP contribution in [0.2, 0.25) is 0 Å². The predicted octanol–water partition coefficient (Wildman–Crippen LogP) is 1.04. The molecule has 1 aliphatic rings. The summed E-state index contributed by atoms with van der Waals surface area (Å²) in [7, 11) is 0. The van der Waals surface area contributed by atoms with Crippen molar-refractivity contribution in [1.29, 1.82) is 0 Å². The van der Waals surface area contributed by atoms with E-state index >= 15 is 0 Å². The molecule has 0 spiro atoms. The Balaban J connectivity index is 2.14. The second-order valence-corrected chi connectivity index (χ2v) is 4.73. The normalized spacial score (nSPS) is 24.6. The lowest BCUT2D eigenvalue weighted by molar-refractivity contribution is 0.154. The summed E-state index contributed by atoms with van der Waals surface area (Å²) in [5.41, 5.74) is 5.44. The first-order valence-corrected chi connectivity index (χ1v) is 6.11. The van der Waals surface area contributed by atoms with Gasteiger partial charge < -0.3 is 15.5 Å². The van der Waals surface area contributed by atoms with E-state index in [1.165, 1.54) is 6.33 Å². The SMILES string of the molecule is NCC1CCCC1Oc1nc[nH]c(=O)c1Br. The minimum Gasteiger partial charge on any atom is -0.473 e. The van der Waals surface area contributed by atoms with Gasteiger partial charge in [0.15, 0.2) is 0 Å². The maximum atomic E-state index is 11.3. The van der Waals surface area contributed by atoms with Gasteiger partial charge in [-0.25, -0.2) is 4.98 Å². The van der Waals surface area contributed by atoms with Gasteiger partial charge in [-0.05, 0) is 41.7 Å². The number of hydrogen-bond acceptors (Lipinski definition) is 4. The molecule has 2 unspecified atom stereocenters. The van der Waals surface area contributed by atoms with E-state index < -0.39 is 0 Å². The third-order valence-corrected chi connectivity index (χ3v) is 3.62. The van der Waals surface area contributed by atoms with Crippen LogP contribution in [0.25, 0.3) is 0 Å². The number of H-pyrrole nitrogens is 1. The lowest BCUT2D eigenvalue weighted by Crippen LogP contribution is -2.28. The highest BCUT2D eigenvalue weighted by Gasteiger charge is 2.28. The minimum absolute atomic E-state index is 0.0793. The highest BCUT2D eigenvalue weighted by atomic mass is 79.9. The van der Waals surface area contributed by atoms with Crippen molar-refractivity contribution in [2.45, 2.75) is 25.4 Å². The monoisotopic (exact) mass is 287 g/mol. The summed E-state index contributed by atoms with van der Waals surface area (Å²) in [5, 5.41) is 0. The van der Waals surface area contributed by atoms with Crippen molar-refractivity contribution in [3.8, 4) is 5.88 Å². The quantitative estimate of drug-likeness (QED) is 0.870. The van der Waals surface area contributed by atoms with Crippen LogP contribution in [0.3, 0.4) is 0 Å². The average molecular weight is 288 g/mol. The van der Waals surface area contributed by atoms with Gasteiger partial charge in [-0.15, -0.1) is 0 Å². The first-order valence-electron chi connectivity index (χ1n) is 5.32. The van der Waals surface area contributed by atoms with E-state index in [0.717, 1.165) is 19.3 Å². The second-order valence-electron chi connectivity index (χ2n) is 3.93. The molecule has 1 aliphatic carbocycles. The van der Waals surface area contributed by atoms with Crippen LogP contribution < -0.4 is 16.0 Å². The van der Waals surface area contributed by atoms with Gasteiger partial charge in [-0.3, -0.25) is 4.79 Å². The number of nitrogens with zero attached hydrogens (tertiary/aromatic N) is 1. The fourth-order valence-corrected chi connectivity index (χ4v) is 2.33. The lowest BCUT2D eigenvalue weighted by Gasteiger charge is -2.19. The number of nitrogens with one attached hydrogen (secondary N) is 1. The fourth-order valence-electron chi connectivity index (χ4n) is 2.02. The number of aromatic amines is 1. The fraction of sp³-hybridized carbons (Fsp3) is 0.600. The molecule has 1 aromatic heterocycles. The van der Waals surface area contributed by atoms with Crippen molar-refractivity contribution in [2.75, 3.05) is 6.54 Å². The molecular formula is C10H14BrN3O2. The lowest BCUT2D eigenvalue weighted by atomic mass is 10.1. The van der Waals surface area contributed by atoms with E-state index in [1.807, 2.05) is 0 Å². The number of halogens is 1. The minimum atomic E-state index is -0.229. The van der Waals surface area contributed by atoms with E-state index in [9.17, 15) is 4.79 Å². The smallest absolute Gasteiger partial charge is 0.268 e. The van der Waals surface area contributed by atoms with Crippen LogP contribution in [-0.2, 0) is 0 Å². The van der Waals surface area contributed by atoms with E-state index in [1.54, 1.807) is 0 Å². The molecule has 0 saturated heterocycles. The molecular weight excluding hydrogens is 274 g/mol. The molecule has 2 rings (SSSR count). The van der Waals surface area contributed by atoms with Gasteiger partial charge in [0, 0.05) is 5.92 Å². The van der Waals surface area contributed by atoms with E-state index in [4.69, 9.17) is 10.5 Å². The van der Waals surface area contributed by atoms with Crippen LogP contribution in [0.1, 0.15) is 19.3 Å². The van der Waals surface area contributed by atoms with E-state index in [2.05, 4.69) is 25.9 Å².